The molecular weight excluding hydrogens is 320 g/mol. The molecule has 1 aromatic heterocycles. The first-order valence-electron chi connectivity index (χ1n) is 10.2. The van der Waals surface area contributed by atoms with E-state index >= 15 is 0 Å². The van der Waals surface area contributed by atoms with Crippen LogP contribution in [0.3, 0.4) is 0 Å². The molecule has 1 heterocycles. The van der Waals surface area contributed by atoms with Crippen LogP contribution in [-0.2, 0) is 4.79 Å². The second-order valence-electron chi connectivity index (χ2n) is 9.38. The number of hydrogen-bond donors (Lipinski definition) is 0. The Morgan fingerprint density at radius 2 is 1.92 bits per heavy atom. The zero-order chi connectivity index (χ0) is 17.9. The van der Waals surface area contributed by atoms with Crippen LogP contribution in [0.15, 0.2) is 36.3 Å². The Kier molecular flexibility index (Phi) is 3.54. The van der Waals surface area contributed by atoms with Crippen LogP contribution >= 0.6 is 0 Å². The molecule has 0 aliphatic heterocycles. The molecule has 4 aliphatic rings. The predicted molar refractivity (Wildman–Crippen MR) is 102 cm³/mol. The van der Waals surface area contributed by atoms with Crippen LogP contribution in [-0.4, -0.2) is 15.8 Å². The molecule has 4 aliphatic carbocycles. The highest BCUT2D eigenvalue weighted by Gasteiger charge is 2.56. The summed E-state index contributed by atoms with van der Waals surface area (Å²) in [5.74, 6) is 2.62. The summed E-state index contributed by atoms with van der Waals surface area (Å²) in [5, 5.41) is 0. The summed E-state index contributed by atoms with van der Waals surface area (Å²) in [6.07, 6.45) is 17.8. The summed E-state index contributed by atoms with van der Waals surface area (Å²) in [6, 6.07) is 0. The van der Waals surface area contributed by atoms with Crippen LogP contribution in [0.25, 0.3) is 5.57 Å². The summed E-state index contributed by atoms with van der Waals surface area (Å²) >= 11 is 0. The summed E-state index contributed by atoms with van der Waals surface area (Å²) in [5.41, 5.74) is 4.43. The predicted octanol–water partition coefficient (Wildman–Crippen LogP) is 5.00. The van der Waals surface area contributed by atoms with E-state index in [1.54, 1.807) is 6.20 Å². The molecule has 5 rings (SSSR count). The summed E-state index contributed by atoms with van der Waals surface area (Å²) < 4.78 is 0. The molecule has 136 valence electrons. The average molecular weight is 348 g/mol. The molecule has 0 aromatic carbocycles. The molecule has 2 fully saturated rings. The highest BCUT2D eigenvalue weighted by Crippen LogP contribution is 2.65. The molecule has 26 heavy (non-hydrogen) atoms. The van der Waals surface area contributed by atoms with E-state index in [-0.39, 0.29) is 10.8 Å². The Hall–Kier alpha value is -1.77. The molecule has 0 saturated heterocycles. The van der Waals surface area contributed by atoms with Crippen molar-refractivity contribution in [3.63, 3.8) is 0 Å². The molecular formula is C23H28N2O. The number of nitrogens with zero attached hydrogens (tertiary/aromatic N) is 2. The third-order valence-electron chi connectivity index (χ3n) is 8.36. The van der Waals surface area contributed by atoms with Crippen LogP contribution in [0.1, 0.15) is 64.5 Å². The normalized spacial score (nSPS) is 41.6. The standard InChI is InChI=1S/C23H28N2O/c1-22-9-7-16(26)13-15(22)3-4-17-18-5-6-20(21-14-24-11-12-25-21)23(18,2)10-8-19(17)22/h3,6,11-12,14,17-19H,4-5,7-10,13H2,1-2H3. The van der Waals surface area contributed by atoms with Crippen molar-refractivity contribution < 1.29 is 4.79 Å². The summed E-state index contributed by atoms with van der Waals surface area (Å²) in [4.78, 5) is 20.9. The fourth-order valence-electron chi connectivity index (χ4n) is 6.88. The van der Waals surface area contributed by atoms with Crippen molar-refractivity contribution in [2.45, 2.75) is 58.8 Å². The molecule has 0 amide bonds. The summed E-state index contributed by atoms with van der Waals surface area (Å²) in [7, 11) is 0. The van der Waals surface area contributed by atoms with Gasteiger partial charge in [-0.2, -0.15) is 0 Å². The summed E-state index contributed by atoms with van der Waals surface area (Å²) in [6.45, 7) is 4.92. The Morgan fingerprint density at radius 3 is 2.73 bits per heavy atom. The van der Waals surface area contributed by atoms with Crippen molar-refractivity contribution in [2.24, 2.45) is 28.6 Å². The number of hydrogen-bond acceptors (Lipinski definition) is 3. The number of ketones is 1. The van der Waals surface area contributed by atoms with Crippen molar-refractivity contribution in [1.82, 2.24) is 9.97 Å². The Balaban J connectivity index is 1.49. The van der Waals surface area contributed by atoms with Crippen molar-refractivity contribution in [1.29, 1.82) is 0 Å². The van der Waals surface area contributed by atoms with Gasteiger partial charge < -0.3 is 0 Å². The van der Waals surface area contributed by atoms with E-state index in [4.69, 9.17) is 0 Å². The molecule has 3 nitrogen and oxygen atoms in total. The van der Waals surface area contributed by atoms with E-state index in [2.05, 4.69) is 36.0 Å². The minimum absolute atomic E-state index is 0.226. The maximum Gasteiger partial charge on any atom is 0.136 e. The molecule has 0 bridgehead atoms. The van der Waals surface area contributed by atoms with Gasteiger partial charge in [-0.25, -0.2) is 0 Å². The minimum Gasteiger partial charge on any atom is -0.299 e. The molecule has 0 spiro atoms. The second-order valence-corrected chi connectivity index (χ2v) is 9.38. The number of aromatic nitrogens is 2. The monoisotopic (exact) mass is 348 g/mol. The van der Waals surface area contributed by atoms with Gasteiger partial charge in [-0.1, -0.05) is 31.6 Å². The number of Topliss-reactive ketones (excluding diaryl/α,β-unsaturated/α-hetero) is 1. The van der Waals surface area contributed by atoms with Crippen LogP contribution in [0.2, 0.25) is 0 Å². The van der Waals surface area contributed by atoms with Gasteiger partial charge in [0.25, 0.3) is 0 Å². The molecule has 0 radical (unpaired) electrons. The third-order valence-corrected chi connectivity index (χ3v) is 8.36. The van der Waals surface area contributed by atoms with Crippen molar-refractivity contribution in [3.05, 3.63) is 42.0 Å². The molecule has 0 N–H and O–H groups in total. The van der Waals surface area contributed by atoms with E-state index in [9.17, 15) is 4.79 Å². The maximum absolute atomic E-state index is 12.0. The molecule has 5 atom stereocenters. The van der Waals surface area contributed by atoms with Gasteiger partial charge in [0, 0.05) is 25.2 Å². The molecule has 2 saturated carbocycles. The second kappa shape index (κ2) is 5.61. The molecule has 1 aromatic rings. The lowest BCUT2D eigenvalue weighted by molar-refractivity contribution is -0.122. The van der Waals surface area contributed by atoms with Gasteiger partial charge in [0.1, 0.15) is 5.78 Å². The van der Waals surface area contributed by atoms with Gasteiger partial charge in [-0.3, -0.25) is 14.8 Å². The SMILES string of the molecule is CC12CCC(=O)CC1=CCC1C2CCC2(C)C(c3cnccn3)=CCC12. The first-order chi connectivity index (χ1) is 12.5. The molecule has 5 unspecified atom stereocenters. The Bertz CT molecular complexity index is 811. The molecule has 3 heteroatoms. The van der Waals surface area contributed by atoms with Crippen molar-refractivity contribution >= 4 is 11.4 Å². The topological polar surface area (TPSA) is 42.9 Å². The Morgan fingerprint density at radius 1 is 1.04 bits per heavy atom. The zero-order valence-corrected chi connectivity index (χ0v) is 15.9. The number of carbonyl (C=O) groups is 1. The van der Waals surface area contributed by atoms with E-state index in [1.165, 1.54) is 30.4 Å². The first-order valence-corrected chi connectivity index (χ1v) is 10.2. The van der Waals surface area contributed by atoms with E-state index in [0.717, 1.165) is 36.8 Å². The fraction of sp³-hybridized carbons (Fsp3) is 0.609. The maximum atomic E-state index is 12.0. The van der Waals surface area contributed by atoms with Crippen LogP contribution < -0.4 is 0 Å². The number of allylic oxidation sites excluding steroid dienone is 4. The smallest absolute Gasteiger partial charge is 0.136 e. The van der Waals surface area contributed by atoms with Gasteiger partial charge in [0.15, 0.2) is 0 Å². The quantitative estimate of drug-likeness (QED) is 0.671. The van der Waals surface area contributed by atoms with Crippen molar-refractivity contribution in [2.75, 3.05) is 0 Å². The van der Waals surface area contributed by atoms with Crippen molar-refractivity contribution in [3.8, 4) is 0 Å². The van der Waals surface area contributed by atoms with Crippen LogP contribution in [0.4, 0.5) is 0 Å². The van der Waals surface area contributed by atoms with E-state index < -0.39 is 0 Å². The number of fused-ring (bicyclic) bond motifs is 5. The van der Waals surface area contributed by atoms with Gasteiger partial charge in [-0.05, 0) is 66.3 Å². The van der Waals surface area contributed by atoms with Crippen LogP contribution in [0.5, 0.6) is 0 Å². The van der Waals surface area contributed by atoms with Gasteiger partial charge >= 0.3 is 0 Å². The van der Waals surface area contributed by atoms with Gasteiger partial charge in [0.2, 0.25) is 0 Å². The van der Waals surface area contributed by atoms with Gasteiger partial charge in [-0.15, -0.1) is 0 Å². The zero-order valence-electron chi connectivity index (χ0n) is 15.9. The lowest BCUT2D eigenvalue weighted by Gasteiger charge is -2.57. The average Bonchev–Trinajstić information content (AvgIpc) is 3.00. The third kappa shape index (κ3) is 2.15. The minimum atomic E-state index is 0.226. The van der Waals surface area contributed by atoms with E-state index in [0.29, 0.717) is 18.1 Å². The number of rotatable bonds is 1. The largest absolute Gasteiger partial charge is 0.299 e. The highest BCUT2D eigenvalue weighted by molar-refractivity contribution is 5.82. The lowest BCUT2D eigenvalue weighted by Crippen LogP contribution is -2.49. The highest BCUT2D eigenvalue weighted by atomic mass is 16.1. The fourth-order valence-corrected chi connectivity index (χ4v) is 6.88. The Labute approximate surface area is 156 Å². The lowest BCUT2D eigenvalue weighted by atomic mass is 9.47. The number of carbonyl (C=O) groups excluding carboxylic acids is 1. The van der Waals surface area contributed by atoms with Crippen LogP contribution in [0, 0.1) is 28.6 Å². The van der Waals surface area contributed by atoms with Gasteiger partial charge in [0.05, 0.1) is 11.9 Å². The van der Waals surface area contributed by atoms with E-state index in [1.807, 2.05) is 12.4 Å². The first kappa shape index (κ1) is 16.4.